The number of allylic oxidation sites excluding steroid dienone is 2. The molecule has 0 unspecified atom stereocenters. The number of hydrogen-bond donors (Lipinski definition) is 3. The van der Waals surface area contributed by atoms with Crippen molar-refractivity contribution in [3.63, 3.8) is 0 Å². The lowest BCUT2D eigenvalue weighted by Crippen LogP contribution is -2.45. The van der Waals surface area contributed by atoms with Crippen LogP contribution in [0.3, 0.4) is 0 Å². The number of nitrogens with zero attached hydrogens (tertiary/aromatic N) is 1. The zero-order valence-electron chi connectivity index (χ0n) is 23.9. The van der Waals surface area contributed by atoms with Crippen molar-refractivity contribution in [3.05, 3.63) is 108 Å². The molecule has 8 heteroatoms. The number of phenolic OH excluding ortho intramolecular Hbond substituents is 1. The Bertz CT molecular complexity index is 1740. The minimum atomic E-state index is -1.17. The number of nitrogens with one attached hydrogen (secondary N) is 1. The number of amides is 2. The molecule has 0 saturated carbocycles. The van der Waals surface area contributed by atoms with Crippen LogP contribution in [-0.4, -0.2) is 29.1 Å². The van der Waals surface area contributed by atoms with Crippen molar-refractivity contribution in [2.24, 2.45) is 17.8 Å². The highest BCUT2D eigenvalue weighted by Crippen LogP contribution is 2.53. The van der Waals surface area contributed by atoms with Crippen LogP contribution >= 0.6 is 0 Å². The fraction of sp³-hybridized carbons (Fsp3) is 0.257. The Morgan fingerprint density at radius 2 is 1.56 bits per heavy atom. The zero-order valence-corrected chi connectivity index (χ0v) is 23.9. The summed E-state index contributed by atoms with van der Waals surface area (Å²) in [4.78, 5) is 29.5. The molecule has 2 amide bonds. The second-order valence-corrected chi connectivity index (χ2v) is 11.7. The van der Waals surface area contributed by atoms with E-state index in [1.54, 1.807) is 6.07 Å². The summed E-state index contributed by atoms with van der Waals surface area (Å²) in [5, 5.41) is 26.8. The summed E-state index contributed by atoms with van der Waals surface area (Å²) < 4.78 is 6.25. The maximum Gasteiger partial charge on any atom is 0.487 e. The first-order valence-corrected chi connectivity index (χ1v) is 15.0. The van der Waals surface area contributed by atoms with E-state index in [2.05, 4.69) is 12.2 Å². The molecule has 0 spiro atoms. The molecule has 3 N–H and O–H groups in total. The third kappa shape index (κ3) is 4.71. The van der Waals surface area contributed by atoms with Gasteiger partial charge in [-0.3, -0.25) is 14.5 Å². The third-order valence-electron chi connectivity index (χ3n) is 9.23. The number of carbonyl (C=O) groups is 2. The van der Waals surface area contributed by atoms with Gasteiger partial charge < -0.3 is 20.1 Å². The molecule has 7 nitrogen and oxygen atoms in total. The van der Waals surface area contributed by atoms with Crippen molar-refractivity contribution < 1.29 is 24.4 Å². The number of anilines is 3. The van der Waals surface area contributed by atoms with Gasteiger partial charge in [0.15, 0.2) is 0 Å². The Morgan fingerprint density at radius 1 is 0.860 bits per heavy atom. The number of phenols is 1. The maximum atomic E-state index is 14.2. The van der Waals surface area contributed by atoms with E-state index in [9.17, 15) is 19.7 Å². The van der Waals surface area contributed by atoms with Gasteiger partial charge in [0, 0.05) is 16.8 Å². The lowest BCUT2D eigenvalue weighted by atomic mass is 9.54. The normalized spacial score (nSPS) is 23.5. The molecular formula is C35H33BN2O5. The predicted octanol–water partition coefficient (Wildman–Crippen LogP) is 6.69. The van der Waals surface area contributed by atoms with E-state index < -0.39 is 25.1 Å². The Hall–Kier alpha value is -4.40. The number of aromatic hydroxyl groups is 1. The fourth-order valence-electron chi connectivity index (χ4n) is 7.37. The highest BCUT2D eigenvalue weighted by Gasteiger charge is 2.58. The van der Waals surface area contributed by atoms with E-state index in [0.29, 0.717) is 23.9 Å². The van der Waals surface area contributed by atoms with Crippen LogP contribution in [0, 0.1) is 17.8 Å². The lowest BCUT2D eigenvalue weighted by molar-refractivity contribution is -0.123. The summed E-state index contributed by atoms with van der Waals surface area (Å²) in [5.41, 5.74) is 5.01. The van der Waals surface area contributed by atoms with Gasteiger partial charge in [0.25, 0.3) is 0 Å². The second kappa shape index (κ2) is 11.0. The Balaban J connectivity index is 1.22. The molecule has 2 saturated heterocycles. The second-order valence-electron chi connectivity index (χ2n) is 11.7. The van der Waals surface area contributed by atoms with Crippen LogP contribution in [-0.2, 0) is 14.2 Å². The van der Waals surface area contributed by atoms with Gasteiger partial charge in [-0.05, 0) is 84.1 Å². The molecule has 4 aromatic rings. The molecule has 1 aliphatic carbocycles. The number of benzene rings is 4. The standard InChI is InChI=1S/C35H33BN2O5/c1-2-8-21-19-29-32(35(41)38(34(29)40)24-15-13-23(14-16-24)37-22-9-4-3-5-10-22)28-20-31(43-36(42)33(21)28)27-17-18-30(39)26-12-7-6-11-25(26)27/h3-7,9-18,28-29,31-32,37,39,42H,2,8,19-20H2,1H3/t28-,29-,31-,32+/m0/s1. The van der Waals surface area contributed by atoms with Gasteiger partial charge in [-0.2, -0.15) is 0 Å². The SMILES string of the molecule is CCCC1=C2B(O)O[C@H](c3ccc(O)c4ccccc34)C[C@H]2[C@H]2C(=O)N(c3ccc(Nc4ccccc4)cc3)C(=O)[C@H]2C1. The first-order chi connectivity index (χ1) is 20.9. The topological polar surface area (TPSA) is 99.1 Å². The minimum Gasteiger partial charge on any atom is -0.507 e. The maximum absolute atomic E-state index is 14.2. The van der Waals surface area contributed by atoms with E-state index in [0.717, 1.165) is 46.2 Å². The van der Waals surface area contributed by atoms with Gasteiger partial charge in [-0.15, -0.1) is 0 Å². The van der Waals surface area contributed by atoms with E-state index in [4.69, 9.17) is 4.65 Å². The first kappa shape index (κ1) is 27.4. The Kier molecular flexibility index (Phi) is 7.04. The van der Waals surface area contributed by atoms with Crippen LogP contribution < -0.4 is 10.2 Å². The van der Waals surface area contributed by atoms with E-state index >= 15 is 0 Å². The van der Waals surface area contributed by atoms with Gasteiger partial charge in [0.05, 0.1) is 23.6 Å². The van der Waals surface area contributed by atoms with Crippen LogP contribution in [0.5, 0.6) is 5.75 Å². The summed E-state index contributed by atoms with van der Waals surface area (Å²) >= 11 is 0. The van der Waals surface area contributed by atoms with Crippen LogP contribution in [0.4, 0.5) is 17.1 Å². The number of para-hydroxylation sites is 1. The lowest BCUT2D eigenvalue weighted by Gasteiger charge is -2.42. The Labute approximate surface area is 250 Å². The van der Waals surface area contributed by atoms with Crippen LogP contribution in [0.25, 0.3) is 10.8 Å². The highest BCUT2D eigenvalue weighted by atomic mass is 16.5. The van der Waals surface area contributed by atoms with Crippen molar-refractivity contribution in [1.82, 2.24) is 0 Å². The van der Waals surface area contributed by atoms with Gasteiger partial charge in [0.1, 0.15) is 5.75 Å². The average Bonchev–Trinajstić information content (AvgIpc) is 3.27. The predicted molar refractivity (Wildman–Crippen MR) is 168 cm³/mol. The molecule has 43 heavy (non-hydrogen) atoms. The van der Waals surface area contributed by atoms with Gasteiger partial charge in [0.2, 0.25) is 11.8 Å². The summed E-state index contributed by atoms with van der Waals surface area (Å²) in [6, 6.07) is 28.2. The number of fused-ring (bicyclic) bond motifs is 4. The largest absolute Gasteiger partial charge is 0.507 e. The van der Waals surface area contributed by atoms with Crippen molar-refractivity contribution >= 4 is 46.8 Å². The molecule has 2 fully saturated rings. The van der Waals surface area contributed by atoms with E-state index in [-0.39, 0.29) is 23.5 Å². The number of carbonyl (C=O) groups excluding carboxylic acids is 2. The average molecular weight is 572 g/mol. The molecule has 216 valence electrons. The molecule has 3 aliphatic rings. The molecule has 2 aliphatic heterocycles. The van der Waals surface area contributed by atoms with Crippen molar-refractivity contribution in [3.8, 4) is 5.75 Å². The van der Waals surface area contributed by atoms with Crippen molar-refractivity contribution in [2.45, 2.75) is 38.7 Å². The molecule has 4 atom stereocenters. The smallest absolute Gasteiger partial charge is 0.487 e. The van der Waals surface area contributed by atoms with Crippen molar-refractivity contribution in [2.75, 3.05) is 10.2 Å². The zero-order chi connectivity index (χ0) is 29.7. The van der Waals surface area contributed by atoms with Gasteiger partial charge >= 0.3 is 7.12 Å². The van der Waals surface area contributed by atoms with E-state index in [1.807, 2.05) is 84.9 Å². The number of rotatable bonds is 6. The van der Waals surface area contributed by atoms with Crippen LogP contribution in [0.1, 0.15) is 44.3 Å². The first-order valence-electron chi connectivity index (χ1n) is 15.0. The Morgan fingerprint density at radius 3 is 2.30 bits per heavy atom. The molecule has 7 rings (SSSR count). The molecular weight excluding hydrogens is 539 g/mol. The third-order valence-corrected chi connectivity index (χ3v) is 9.23. The minimum absolute atomic E-state index is 0.177. The summed E-state index contributed by atoms with van der Waals surface area (Å²) in [6.45, 7) is 2.08. The molecule has 0 bridgehead atoms. The highest BCUT2D eigenvalue weighted by molar-refractivity contribution is 6.53. The van der Waals surface area contributed by atoms with Crippen LogP contribution in [0.15, 0.2) is 102 Å². The van der Waals surface area contributed by atoms with E-state index in [1.165, 1.54) is 4.90 Å². The molecule has 4 aromatic carbocycles. The summed E-state index contributed by atoms with van der Waals surface area (Å²) in [6.07, 6.45) is 2.01. The van der Waals surface area contributed by atoms with Crippen molar-refractivity contribution in [1.29, 1.82) is 0 Å². The summed E-state index contributed by atoms with van der Waals surface area (Å²) in [5.74, 6) is -1.61. The van der Waals surface area contributed by atoms with Gasteiger partial charge in [-0.25, -0.2) is 0 Å². The molecule has 0 radical (unpaired) electrons. The monoisotopic (exact) mass is 572 g/mol. The number of hydrogen-bond acceptors (Lipinski definition) is 6. The fourth-order valence-corrected chi connectivity index (χ4v) is 7.37. The summed E-state index contributed by atoms with van der Waals surface area (Å²) in [7, 11) is -1.17. The molecule has 2 heterocycles. The molecule has 0 aromatic heterocycles. The van der Waals surface area contributed by atoms with Gasteiger partial charge in [-0.1, -0.05) is 67.4 Å². The quantitative estimate of drug-likeness (QED) is 0.176. The number of imide groups is 1. The van der Waals surface area contributed by atoms with Crippen LogP contribution in [0.2, 0.25) is 0 Å².